The van der Waals surface area contributed by atoms with Gasteiger partial charge in [0.25, 0.3) is 0 Å². The predicted molar refractivity (Wildman–Crippen MR) is 237 cm³/mol. The highest BCUT2D eigenvalue weighted by Crippen LogP contribution is 2.61. The van der Waals surface area contributed by atoms with Crippen LogP contribution in [0.15, 0.2) is 224 Å². The zero-order valence-corrected chi connectivity index (χ0v) is 31.9. The summed E-state index contributed by atoms with van der Waals surface area (Å²) in [7, 11) is 0. The van der Waals surface area contributed by atoms with Crippen LogP contribution in [0.2, 0.25) is 0 Å². The van der Waals surface area contributed by atoms with Gasteiger partial charge in [0.05, 0.1) is 5.41 Å². The third-order valence-corrected chi connectivity index (χ3v) is 11.5. The van der Waals surface area contributed by atoms with Gasteiger partial charge in [0.1, 0.15) is 0 Å². The summed E-state index contributed by atoms with van der Waals surface area (Å²) in [4.78, 5) is 0. The van der Waals surface area contributed by atoms with Crippen molar-refractivity contribution in [2.24, 2.45) is 0 Å². The summed E-state index contributed by atoms with van der Waals surface area (Å²) in [5, 5.41) is 0. The first-order chi connectivity index (χ1) is 27.6. The Hall–Kier alpha value is -6.76. The van der Waals surface area contributed by atoms with Crippen molar-refractivity contribution in [3.63, 3.8) is 0 Å². The molecule has 268 valence electrons. The number of allylic oxidation sites excluding steroid dienone is 4. The molecule has 2 atom stereocenters. The lowest BCUT2D eigenvalue weighted by Crippen LogP contribution is -2.38. The first-order valence-corrected chi connectivity index (χ1v) is 19.6. The van der Waals surface area contributed by atoms with Crippen LogP contribution in [0.1, 0.15) is 50.4 Å². The molecule has 0 spiro atoms. The highest BCUT2D eigenvalue weighted by molar-refractivity contribution is 6.19. The third-order valence-electron chi connectivity index (χ3n) is 11.5. The molecule has 2 unspecified atom stereocenters. The van der Waals surface area contributed by atoms with E-state index in [1.807, 2.05) is 0 Å². The van der Waals surface area contributed by atoms with E-state index >= 15 is 0 Å². The van der Waals surface area contributed by atoms with Crippen molar-refractivity contribution in [2.75, 3.05) is 0 Å². The lowest BCUT2D eigenvalue weighted by molar-refractivity contribution is 0.587. The average Bonchev–Trinajstić information content (AvgIpc) is 3.27. The zero-order valence-electron chi connectivity index (χ0n) is 31.9. The van der Waals surface area contributed by atoms with Crippen molar-refractivity contribution in [1.29, 1.82) is 0 Å². The minimum Gasteiger partial charge on any atom is -0.0669 e. The molecule has 0 nitrogen and oxygen atoms in total. The van der Waals surface area contributed by atoms with Crippen LogP contribution in [0, 0.1) is 13.8 Å². The lowest BCUT2D eigenvalue weighted by Gasteiger charge is -2.48. The summed E-state index contributed by atoms with van der Waals surface area (Å²) < 4.78 is 0. The van der Waals surface area contributed by atoms with Gasteiger partial charge in [-0.05, 0) is 86.2 Å². The molecule has 1 aliphatic rings. The number of rotatable bonds is 8. The van der Waals surface area contributed by atoms with Crippen LogP contribution < -0.4 is 0 Å². The largest absolute Gasteiger partial charge is 0.0669 e. The molecule has 0 amide bonds. The first-order valence-electron chi connectivity index (χ1n) is 19.6. The highest BCUT2D eigenvalue weighted by atomic mass is 14.5. The van der Waals surface area contributed by atoms with Gasteiger partial charge in [-0.15, -0.1) is 0 Å². The van der Waals surface area contributed by atoms with Crippen LogP contribution in [0.3, 0.4) is 0 Å². The van der Waals surface area contributed by atoms with Crippen LogP contribution in [0.4, 0.5) is 0 Å². The Morgan fingerprint density at radius 3 is 1.20 bits per heavy atom. The van der Waals surface area contributed by atoms with Crippen molar-refractivity contribution in [3.05, 3.63) is 269 Å². The molecule has 0 radical (unpaired) electrons. The quantitative estimate of drug-likeness (QED) is 0.147. The molecule has 0 saturated heterocycles. The molecule has 0 fully saturated rings. The maximum atomic E-state index is 2.58. The molecule has 0 heterocycles. The Kier molecular flexibility index (Phi) is 9.47. The van der Waals surface area contributed by atoms with Gasteiger partial charge in [-0.2, -0.15) is 0 Å². The van der Waals surface area contributed by atoms with E-state index in [-0.39, 0.29) is 5.92 Å². The standard InChI is InChI=1S/C56H44/c1-40-23-27-42(28-24-40)44-31-33-46(34-32-44)52-39-53(47-15-7-3-8-16-47)56(50-21-13-6-14-22-50,51-37-35-45(36-38-51)43-29-25-41(2)26-30-43)55(49-19-11-5-12-20-49)54(52)48-17-9-4-10-18-48/h3-39,53H,1-2H3. The second-order valence-corrected chi connectivity index (χ2v) is 15.0. The summed E-state index contributed by atoms with van der Waals surface area (Å²) in [6, 6.07) is 80.8. The lowest BCUT2D eigenvalue weighted by atomic mass is 9.53. The fourth-order valence-electron chi connectivity index (χ4n) is 8.77. The molecular formula is C56H44. The summed E-state index contributed by atoms with van der Waals surface area (Å²) in [6.07, 6.45) is 2.58. The Labute approximate surface area is 331 Å². The highest BCUT2D eigenvalue weighted by Gasteiger charge is 2.49. The Bertz CT molecular complexity index is 2610. The maximum Gasteiger partial charge on any atom is 0.0566 e. The van der Waals surface area contributed by atoms with Crippen molar-refractivity contribution in [1.82, 2.24) is 0 Å². The van der Waals surface area contributed by atoms with Gasteiger partial charge in [0.15, 0.2) is 0 Å². The van der Waals surface area contributed by atoms with Gasteiger partial charge in [0.2, 0.25) is 0 Å². The van der Waals surface area contributed by atoms with Crippen LogP contribution in [0.5, 0.6) is 0 Å². The number of benzene rings is 8. The van der Waals surface area contributed by atoms with Gasteiger partial charge >= 0.3 is 0 Å². The van der Waals surface area contributed by atoms with E-state index in [1.54, 1.807) is 0 Å². The van der Waals surface area contributed by atoms with Crippen LogP contribution in [0.25, 0.3) is 39.0 Å². The molecule has 0 saturated carbocycles. The number of aryl methyl sites for hydroxylation is 2. The normalized spacial score (nSPS) is 16.7. The second-order valence-electron chi connectivity index (χ2n) is 15.0. The van der Waals surface area contributed by atoms with Gasteiger partial charge in [-0.1, -0.05) is 236 Å². The topological polar surface area (TPSA) is 0 Å². The summed E-state index contributed by atoms with van der Waals surface area (Å²) in [5.41, 5.74) is 18.0. The number of hydrogen-bond donors (Lipinski definition) is 0. The van der Waals surface area contributed by atoms with Gasteiger partial charge < -0.3 is 0 Å². The molecule has 56 heavy (non-hydrogen) atoms. The molecule has 9 rings (SSSR count). The predicted octanol–water partition coefficient (Wildman–Crippen LogP) is 14.4. The first kappa shape index (κ1) is 35.0. The molecule has 0 aliphatic heterocycles. The molecule has 8 aromatic rings. The van der Waals surface area contributed by atoms with Crippen LogP contribution in [-0.4, -0.2) is 0 Å². The van der Waals surface area contributed by atoms with Crippen molar-refractivity contribution in [3.8, 4) is 22.3 Å². The third kappa shape index (κ3) is 6.44. The molecule has 0 N–H and O–H groups in total. The Morgan fingerprint density at radius 1 is 0.321 bits per heavy atom. The van der Waals surface area contributed by atoms with E-state index in [9.17, 15) is 0 Å². The van der Waals surface area contributed by atoms with Gasteiger partial charge in [0, 0.05) is 5.92 Å². The molecule has 0 heteroatoms. The zero-order chi connectivity index (χ0) is 37.9. The van der Waals surface area contributed by atoms with E-state index in [1.165, 1.54) is 83.5 Å². The second kappa shape index (κ2) is 15.2. The van der Waals surface area contributed by atoms with E-state index in [0.29, 0.717) is 0 Å². The van der Waals surface area contributed by atoms with E-state index in [4.69, 9.17) is 0 Å². The molecule has 0 bridgehead atoms. The van der Waals surface area contributed by atoms with Crippen LogP contribution >= 0.6 is 0 Å². The summed E-state index contributed by atoms with van der Waals surface area (Å²) in [5.74, 6) is -0.0502. The number of hydrogen-bond acceptors (Lipinski definition) is 0. The molecule has 8 aromatic carbocycles. The smallest absolute Gasteiger partial charge is 0.0566 e. The Balaban J connectivity index is 1.38. The van der Waals surface area contributed by atoms with E-state index in [0.717, 1.165) is 0 Å². The SMILES string of the molecule is Cc1ccc(-c2ccc(C3=CC(c4ccccc4)C(c4ccccc4)(c4ccc(-c5ccc(C)cc5)cc4)C(c4ccccc4)=C3c3ccccc3)cc2)cc1. The fourth-order valence-corrected chi connectivity index (χ4v) is 8.77. The average molecular weight is 717 g/mol. The van der Waals surface area contributed by atoms with Crippen molar-refractivity contribution < 1.29 is 0 Å². The molecule has 0 aromatic heterocycles. The Morgan fingerprint density at radius 2 is 0.696 bits per heavy atom. The molecular weight excluding hydrogens is 673 g/mol. The van der Waals surface area contributed by atoms with Crippen molar-refractivity contribution >= 4 is 16.7 Å². The van der Waals surface area contributed by atoms with E-state index < -0.39 is 5.41 Å². The van der Waals surface area contributed by atoms with Crippen molar-refractivity contribution in [2.45, 2.75) is 25.2 Å². The van der Waals surface area contributed by atoms with E-state index in [2.05, 4.69) is 238 Å². The van der Waals surface area contributed by atoms with Gasteiger partial charge in [-0.3, -0.25) is 0 Å². The van der Waals surface area contributed by atoms with Gasteiger partial charge in [-0.25, -0.2) is 0 Å². The minimum absolute atomic E-state index is 0.0502. The maximum absolute atomic E-state index is 2.58. The minimum atomic E-state index is -0.605. The fraction of sp³-hybridized carbons (Fsp3) is 0.0714. The summed E-state index contributed by atoms with van der Waals surface area (Å²) >= 11 is 0. The van der Waals surface area contributed by atoms with Crippen LogP contribution in [-0.2, 0) is 5.41 Å². The summed E-state index contributed by atoms with van der Waals surface area (Å²) in [6.45, 7) is 4.28. The monoisotopic (exact) mass is 716 g/mol. The molecule has 1 aliphatic carbocycles.